The van der Waals surface area contributed by atoms with Crippen molar-refractivity contribution in [3.05, 3.63) is 11.8 Å². The minimum atomic E-state index is -2.17. The molecule has 56 valence electrons. The molecule has 0 aromatic carbocycles. The summed E-state index contributed by atoms with van der Waals surface area (Å²) in [6.07, 6.45) is 1.52. The van der Waals surface area contributed by atoms with E-state index in [0.717, 1.165) is 0 Å². The van der Waals surface area contributed by atoms with Gasteiger partial charge in [-0.3, -0.25) is 8.89 Å². The minimum absolute atomic E-state index is 0.250. The molecule has 1 aromatic heterocycles. The van der Waals surface area contributed by atoms with Gasteiger partial charge in [-0.25, -0.2) is 0 Å². The molecule has 0 fully saturated rings. The molecule has 5 heteroatoms. The number of hydrogen-bond donors (Lipinski definition) is 0. The zero-order valence-electron chi connectivity index (χ0n) is 5.70. The first-order chi connectivity index (χ1) is 4.63. The van der Waals surface area contributed by atoms with Crippen LogP contribution in [0, 0.1) is 6.92 Å². The van der Waals surface area contributed by atoms with Gasteiger partial charge in [0.05, 0.1) is 6.20 Å². The maximum Gasteiger partial charge on any atom is 0.113 e. The molecular weight excluding hydrogens is 152 g/mol. The zero-order valence-corrected chi connectivity index (χ0v) is 6.51. The van der Waals surface area contributed by atoms with Gasteiger partial charge in [0.25, 0.3) is 0 Å². The lowest BCUT2D eigenvalue weighted by molar-refractivity contribution is 0.522. The molecule has 4 nitrogen and oxygen atoms in total. The summed E-state index contributed by atoms with van der Waals surface area (Å²) in [5.41, 5.74) is 0.677. The van der Waals surface area contributed by atoms with E-state index in [1.165, 1.54) is 10.9 Å². The number of hydrogen-bond acceptors (Lipinski definition) is 3. The summed E-state index contributed by atoms with van der Waals surface area (Å²) in [4.78, 5) is 0. The molecule has 0 bridgehead atoms. The van der Waals surface area contributed by atoms with Crippen LogP contribution in [-0.2, 0) is 18.1 Å². The third-order valence-electron chi connectivity index (χ3n) is 1.21. The first-order valence-electron chi connectivity index (χ1n) is 2.71. The standard InChI is InChI=1S/C5H8N2O2S/c1-4-3-6-7(2)5(4)10(8)9/h3H,1-2H3,(H,8,9)/p-1. The minimum Gasteiger partial charge on any atom is -0.767 e. The first-order valence-corrected chi connectivity index (χ1v) is 3.78. The molecule has 1 rings (SSSR count). The quantitative estimate of drug-likeness (QED) is 0.540. The third kappa shape index (κ3) is 1.10. The highest BCUT2D eigenvalue weighted by Crippen LogP contribution is 2.08. The van der Waals surface area contributed by atoms with Gasteiger partial charge in [0.1, 0.15) is 5.03 Å². The van der Waals surface area contributed by atoms with Gasteiger partial charge in [-0.1, -0.05) is 0 Å². The van der Waals surface area contributed by atoms with Crippen LogP contribution in [0.4, 0.5) is 0 Å². The third-order valence-corrected chi connectivity index (χ3v) is 2.12. The lowest BCUT2D eigenvalue weighted by Gasteiger charge is -2.05. The molecule has 10 heavy (non-hydrogen) atoms. The van der Waals surface area contributed by atoms with Gasteiger partial charge >= 0.3 is 0 Å². The van der Waals surface area contributed by atoms with Crippen LogP contribution in [0.1, 0.15) is 5.56 Å². The lowest BCUT2D eigenvalue weighted by Crippen LogP contribution is -2.00. The smallest absolute Gasteiger partial charge is 0.113 e. The van der Waals surface area contributed by atoms with Crippen molar-refractivity contribution in [1.82, 2.24) is 9.78 Å². The predicted molar refractivity (Wildman–Crippen MR) is 35.1 cm³/mol. The molecule has 0 amide bonds. The average Bonchev–Trinajstić information content (AvgIpc) is 2.11. The molecule has 1 heterocycles. The summed E-state index contributed by atoms with van der Waals surface area (Å²) in [5, 5.41) is 4.01. The Labute approximate surface area is 61.1 Å². The molecule has 0 radical (unpaired) electrons. The van der Waals surface area contributed by atoms with Crippen LogP contribution < -0.4 is 0 Å². The summed E-state index contributed by atoms with van der Waals surface area (Å²) >= 11 is -2.17. The van der Waals surface area contributed by atoms with Gasteiger partial charge in [0.15, 0.2) is 0 Å². The lowest BCUT2D eigenvalue weighted by atomic mass is 10.4. The van der Waals surface area contributed by atoms with E-state index < -0.39 is 11.1 Å². The molecule has 0 aliphatic carbocycles. The molecular formula is C5H7N2O2S-. The topological polar surface area (TPSA) is 58.0 Å². The van der Waals surface area contributed by atoms with Crippen LogP contribution in [0.3, 0.4) is 0 Å². The summed E-state index contributed by atoms with van der Waals surface area (Å²) in [5.74, 6) is 0. The van der Waals surface area contributed by atoms with Gasteiger partial charge in [0.2, 0.25) is 0 Å². The Balaban J connectivity index is 3.23. The Morgan fingerprint density at radius 3 is 2.60 bits per heavy atom. The Bertz CT molecular complexity index is 249. The van der Waals surface area contributed by atoms with Crippen molar-refractivity contribution < 1.29 is 8.76 Å². The highest BCUT2D eigenvalue weighted by Gasteiger charge is 2.02. The van der Waals surface area contributed by atoms with Gasteiger partial charge in [-0.2, -0.15) is 5.10 Å². The average molecular weight is 159 g/mol. The summed E-state index contributed by atoms with van der Waals surface area (Å²) in [6.45, 7) is 1.71. The predicted octanol–water partition coefficient (Wildman–Crippen LogP) is -0.0335. The maximum atomic E-state index is 10.4. The van der Waals surface area contributed by atoms with E-state index in [1.807, 2.05) is 0 Å². The van der Waals surface area contributed by atoms with Crippen molar-refractivity contribution in [3.63, 3.8) is 0 Å². The second-order valence-electron chi connectivity index (χ2n) is 1.99. The normalized spacial score (nSPS) is 13.5. The SMILES string of the molecule is Cc1cnn(C)c1S(=O)[O-]. The van der Waals surface area contributed by atoms with E-state index in [1.54, 1.807) is 14.0 Å². The van der Waals surface area contributed by atoms with Crippen LogP contribution >= 0.6 is 0 Å². The maximum absolute atomic E-state index is 10.4. The van der Waals surface area contributed by atoms with Crippen LogP contribution in [0.15, 0.2) is 11.2 Å². The number of rotatable bonds is 1. The van der Waals surface area contributed by atoms with Crippen LogP contribution in [-0.4, -0.2) is 18.5 Å². The van der Waals surface area contributed by atoms with E-state index in [2.05, 4.69) is 5.10 Å². The number of nitrogens with zero attached hydrogens (tertiary/aromatic N) is 2. The van der Waals surface area contributed by atoms with E-state index in [0.29, 0.717) is 5.56 Å². The van der Waals surface area contributed by atoms with Crippen molar-refractivity contribution in [1.29, 1.82) is 0 Å². The van der Waals surface area contributed by atoms with Crippen LogP contribution in [0.5, 0.6) is 0 Å². The molecule has 0 aliphatic heterocycles. The fourth-order valence-corrected chi connectivity index (χ4v) is 1.35. The highest BCUT2D eigenvalue weighted by molar-refractivity contribution is 7.79. The van der Waals surface area contributed by atoms with Crippen molar-refractivity contribution in [2.45, 2.75) is 11.9 Å². The molecule has 0 N–H and O–H groups in total. The second-order valence-corrected chi connectivity index (χ2v) is 2.85. The molecule has 0 saturated heterocycles. The van der Waals surface area contributed by atoms with Crippen molar-refractivity contribution in [3.8, 4) is 0 Å². The van der Waals surface area contributed by atoms with E-state index in [9.17, 15) is 8.76 Å². The van der Waals surface area contributed by atoms with Gasteiger partial charge < -0.3 is 4.55 Å². The Morgan fingerprint density at radius 1 is 1.80 bits per heavy atom. The summed E-state index contributed by atoms with van der Waals surface area (Å²) < 4.78 is 22.2. The van der Waals surface area contributed by atoms with Gasteiger partial charge in [0, 0.05) is 12.6 Å². The molecule has 1 atom stereocenters. The van der Waals surface area contributed by atoms with Gasteiger partial charge in [-0.05, 0) is 18.0 Å². The van der Waals surface area contributed by atoms with Crippen molar-refractivity contribution >= 4 is 11.1 Å². The van der Waals surface area contributed by atoms with Crippen LogP contribution in [0.2, 0.25) is 0 Å². The number of aromatic nitrogens is 2. The molecule has 0 saturated carbocycles. The Morgan fingerprint density at radius 2 is 2.40 bits per heavy atom. The molecule has 0 aliphatic rings. The first kappa shape index (κ1) is 7.43. The Hall–Kier alpha value is -0.680. The van der Waals surface area contributed by atoms with Gasteiger partial charge in [-0.15, -0.1) is 0 Å². The van der Waals surface area contributed by atoms with E-state index in [4.69, 9.17) is 0 Å². The fourth-order valence-electron chi connectivity index (χ4n) is 0.775. The molecule has 1 aromatic rings. The number of aryl methyl sites for hydroxylation is 2. The highest BCUT2D eigenvalue weighted by atomic mass is 32.2. The fraction of sp³-hybridized carbons (Fsp3) is 0.400. The largest absolute Gasteiger partial charge is 0.767 e. The van der Waals surface area contributed by atoms with E-state index in [-0.39, 0.29) is 5.03 Å². The monoisotopic (exact) mass is 159 g/mol. The molecule has 1 unspecified atom stereocenters. The summed E-state index contributed by atoms with van der Waals surface area (Å²) in [6, 6.07) is 0. The van der Waals surface area contributed by atoms with Crippen molar-refractivity contribution in [2.24, 2.45) is 7.05 Å². The summed E-state index contributed by atoms with van der Waals surface area (Å²) in [7, 11) is 1.60. The van der Waals surface area contributed by atoms with Crippen LogP contribution in [0.25, 0.3) is 0 Å². The van der Waals surface area contributed by atoms with E-state index >= 15 is 0 Å². The molecule has 0 spiro atoms. The van der Waals surface area contributed by atoms with Crippen molar-refractivity contribution in [2.75, 3.05) is 0 Å². The Kier molecular flexibility index (Phi) is 1.87. The zero-order chi connectivity index (χ0) is 7.72. The second kappa shape index (κ2) is 2.51.